The quantitative estimate of drug-likeness (QED) is 0.915. The summed E-state index contributed by atoms with van der Waals surface area (Å²) in [7, 11) is 1.63. The summed E-state index contributed by atoms with van der Waals surface area (Å²) in [5.41, 5.74) is 1.77. The Hall–Kier alpha value is -1.52. The maximum Gasteiger partial charge on any atom is 0.125 e. The first kappa shape index (κ1) is 13.9. The van der Waals surface area contributed by atoms with Crippen LogP contribution in [0.15, 0.2) is 46.9 Å². The first-order valence-electron chi connectivity index (χ1n) is 5.88. The summed E-state index contributed by atoms with van der Waals surface area (Å²) in [6.45, 7) is 0.379. The van der Waals surface area contributed by atoms with Crippen molar-refractivity contribution in [2.45, 2.75) is 13.2 Å². The lowest BCUT2D eigenvalue weighted by molar-refractivity contribution is 0.258. The van der Waals surface area contributed by atoms with Crippen LogP contribution in [0.3, 0.4) is 0 Å². The molecule has 0 saturated heterocycles. The van der Waals surface area contributed by atoms with Gasteiger partial charge in [-0.05, 0) is 24.3 Å². The van der Waals surface area contributed by atoms with Gasteiger partial charge in [-0.25, -0.2) is 0 Å². The molecule has 0 unspecified atom stereocenters. The standard InChI is InChI=1S/C15H15BrO3/c1-18-13-6-7-14(16)12(8-13)10-19-15-5-3-2-4-11(15)9-17/h2-8,17H,9-10H2,1H3. The molecule has 0 fully saturated rings. The Bertz CT molecular complexity index is 555. The van der Waals surface area contributed by atoms with Crippen molar-refractivity contribution in [1.29, 1.82) is 0 Å². The molecular formula is C15H15BrO3. The smallest absolute Gasteiger partial charge is 0.125 e. The van der Waals surface area contributed by atoms with Gasteiger partial charge in [0.05, 0.1) is 13.7 Å². The lowest BCUT2D eigenvalue weighted by Gasteiger charge is -2.12. The highest BCUT2D eigenvalue weighted by atomic mass is 79.9. The first-order chi connectivity index (χ1) is 9.24. The van der Waals surface area contributed by atoms with Crippen LogP contribution in [0.25, 0.3) is 0 Å². The SMILES string of the molecule is COc1ccc(Br)c(COc2ccccc2CO)c1. The van der Waals surface area contributed by atoms with Crippen LogP contribution in [-0.2, 0) is 13.2 Å². The van der Waals surface area contributed by atoms with E-state index in [1.807, 2.05) is 42.5 Å². The molecule has 2 aromatic rings. The van der Waals surface area contributed by atoms with Crippen molar-refractivity contribution in [1.82, 2.24) is 0 Å². The number of rotatable bonds is 5. The van der Waals surface area contributed by atoms with Crippen LogP contribution in [0.1, 0.15) is 11.1 Å². The van der Waals surface area contributed by atoms with Crippen molar-refractivity contribution in [3.8, 4) is 11.5 Å². The van der Waals surface area contributed by atoms with Crippen LogP contribution in [0, 0.1) is 0 Å². The Labute approximate surface area is 120 Å². The van der Waals surface area contributed by atoms with Gasteiger partial charge in [0.15, 0.2) is 0 Å². The van der Waals surface area contributed by atoms with Crippen LogP contribution in [0.4, 0.5) is 0 Å². The van der Waals surface area contributed by atoms with Crippen LogP contribution in [0.2, 0.25) is 0 Å². The fourth-order valence-corrected chi connectivity index (χ4v) is 2.08. The van der Waals surface area contributed by atoms with E-state index in [9.17, 15) is 5.11 Å². The van der Waals surface area contributed by atoms with E-state index in [2.05, 4.69) is 15.9 Å². The van der Waals surface area contributed by atoms with E-state index in [0.717, 1.165) is 21.3 Å². The van der Waals surface area contributed by atoms with Gasteiger partial charge in [0, 0.05) is 15.6 Å². The van der Waals surface area contributed by atoms with E-state index in [-0.39, 0.29) is 6.61 Å². The third kappa shape index (κ3) is 3.49. The van der Waals surface area contributed by atoms with Gasteiger partial charge in [-0.1, -0.05) is 34.1 Å². The largest absolute Gasteiger partial charge is 0.497 e. The van der Waals surface area contributed by atoms with Gasteiger partial charge in [-0.2, -0.15) is 0 Å². The summed E-state index contributed by atoms with van der Waals surface area (Å²) in [5.74, 6) is 1.48. The Kier molecular flexibility index (Phi) is 4.82. The molecule has 1 N–H and O–H groups in total. The Morgan fingerprint density at radius 3 is 2.63 bits per heavy atom. The molecule has 19 heavy (non-hydrogen) atoms. The average Bonchev–Trinajstić information content (AvgIpc) is 2.46. The summed E-state index contributed by atoms with van der Waals surface area (Å²) in [4.78, 5) is 0. The van der Waals surface area contributed by atoms with Gasteiger partial charge in [-0.3, -0.25) is 0 Å². The monoisotopic (exact) mass is 322 g/mol. The minimum Gasteiger partial charge on any atom is -0.497 e. The van der Waals surface area contributed by atoms with E-state index >= 15 is 0 Å². The summed E-state index contributed by atoms with van der Waals surface area (Å²) < 4.78 is 11.9. The molecule has 0 spiro atoms. The fraction of sp³-hybridized carbons (Fsp3) is 0.200. The third-order valence-corrected chi connectivity index (χ3v) is 3.55. The molecule has 0 aliphatic rings. The highest BCUT2D eigenvalue weighted by molar-refractivity contribution is 9.10. The fourth-order valence-electron chi connectivity index (χ4n) is 1.72. The molecule has 4 heteroatoms. The molecule has 2 aromatic carbocycles. The van der Waals surface area contributed by atoms with Crippen LogP contribution >= 0.6 is 15.9 Å². The summed E-state index contributed by atoms with van der Waals surface area (Å²) in [5, 5.41) is 9.24. The number of methoxy groups -OCH3 is 1. The van der Waals surface area contributed by atoms with Gasteiger partial charge in [0.2, 0.25) is 0 Å². The third-order valence-electron chi connectivity index (χ3n) is 2.78. The molecule has 0 radical (unpaired) electrons. The van der Waals surface area contributed by atoms with Crippen molar-refractivity contribution in [2.75, 3.05) is 7.11 Å². The zero-order valence-corrected chi connectivity index (χ0v) is 12.2. The molecule has 0 aromatic heterocycles. The highest BCUT2D eigenvalue weighted by Gasteiger charge is 2.06. The van der Waals surface area contributed by atoms with Crippen molar-refractivity contribution in [3.05, 3.63) is 58.1 Å². The molecular weight excluding hydrogens is 308 g/mol. The maximum absolute atomic E-state index is 9.24. The Morgan fingerprint density at radius 2 is 1.89 bits per heavy atom. The zero-order valence-electron chi connectivity index (χ0n) is 10.6. The van der Waals surface area contributed by atoms with E-state index in [1.165, 1.54) is 0 Å². The van der Waals surface area contributed by atoms with E-state index in [4.69, 9.17) is 9.47 Å². The molecule has 0 heterocycles. The van der Waals surface area contributed by atoms with Gasteiger partial charge in [0.25, 0.3) is 0 Å². The predicted molar refractivity (Wildman–Crippen MR) is 77.4 cm³/mol. The van der Waals surface area contributed by atoms with Crippen molar-refractivity contribution in [3.63, 3.8) is 0 Å². The van der Waals surface area contributed by atoms with E-state index < -0.39 is 0 Å². The van der Waals surface area contributed by atoms with Crippen molar-refractivity contribution in [2.24, 2.45) is 0 Å². The minimum absolute atomic E-state index is 0.0323. The lowest BCUT2D eigenvalue weighted by atomic mass is 10.2. The van der Waals surface area contributed by atoms with Crippen LogP contribution in [-0.4, -0.2) is 12.2 Å². The summed E-state index contributed by atoms with van der Waals surface area (Å²) >= 11 is 3.48. The molecule has 0 atom stereocenters. The average molecular weight is 323 g/mol. The highest BCUT2D eigenvalue weighted by Crippen LogP contribution is 2.25. The summed E-state index contributed by atoms with van der Waals surface area (Å²) in [6.07, 6.45) is 0. The number of ether oxygens (including phenoxy) is 2. The van der Waals surface area contributed by atoms with Crippen LogP contribution < -0.4 is 9.47 Å². The van der Waals surface area contributed by atoms with Crippen molar-refractivity contribution < 1.29 is 14.6 Å². The molecule has 0 saturated carbocycles. The number of para-hydroxylation sites is 1. The zero-order chi connectivity index (χ0) is 13.7. The maximum atomic E-state index is 9.24. The molecule has 0 bridgehead atoms. The first-order valence-corrected chi connectivity index (χ1v) is 6.68. The number of benzene rings is 2. The molecule has 0 aliphatic carbocycles. The predicted octanol–water partition coefficient (Wildman–Crippen LogP) is 3.53. The molecule has 2 rings (SSSR count). The number of aliphatic hydroxyl groups is 1. The van der Waals surface area contributed by atoms with Crippen LogP contribution in [0.5, 0.6) is 11.5 Å². The van der Waals surface area contributed by atoms with Gasteiger partial charge in [0.1, 0.15) is 18.1 Å². The number of hydrogen-bond acceptors (Lipinski definition) is 3. The number of hydrogen-bond donors (Lipinski definition) is 1. The lowest BCUT2D eigenvalue weighted by Crippen LogP contribution is -2.00. The van der Waals surface area contributed by atoms with E-state index in [0.29, 0.717) is 12.4 Å². The van der Waals surface area contributed by atoms with Crippen molar-refractivity contribution >= 4 is 15.9 Å². The number of halogens is 1. The van der Waals surface area contributed by atoms with Gasteiger partial charge in [-0.15, -0.1) is 0 Å². The second-order valence-corrected chi connectivity index (χ2v) is 4.87. The van der Waals surface area contributed by atoms with E-state index in [1.54, 1.807) is 7.11 Å². The molecule has 0 amide bonds. The number of aliphatic hydroxyl groups excluding tert-OH is 1. The topological polar surface area (TPSA) is 38.7 Å². The normalized spacial score (nSPS) is 10.3. The Balaban J connectivity index is 2.14. The summed E-state index contributed by atoms with van der Waals surface area (Å²) in [6, 6.07) is 13.2. The second-order valence-electron chi connectivity index (χ2n) is 4.01. The van der Waals surface area contributed by atoms with Gasteiger partial charge < -0.3 is 14.6 Å². The molecule has 3 nitrogen and oxygen atoms in total. The Morgan fingerprint density at radius 1 is 1.11 bits per heavy atom. The minimum atomic E-state index is -0.0323. The van der Waals surface area contributed by atoms with Gasteiger partial charge >= 0.3 is 0 Å². The second kappa shape index (κ2) is 6.59. The molecule has 0 aliphatic heterocycles. The molecule has 100 valence electrons.